The number of hydrogen-bond acceptors (Lipinski definition) is 4. The Kier molecular flexibility index (Phi) is 4.45. The van der Waals surface area contributed by atoms with Gasteiger partial charge in [-0.25, -0.2) is 4.98 Å². The molecule has 2 unspecified atom stereocenters. The summed E-state index contributed by atoms with van der Waals surface area (Å²) in [6.07, 6.45) is 3.94. The molecule has 1 aromatic carbocycles. The van der Waals surface area contributed by atoms with Crippen LogP contribution in [-0.2, 0) is 17.6 Å². The Hall–Kier alpha value is -1.23. The molecule has 2 aromatic rings. The van der Waals surface area contributed by atoms with Crippen molar-refractivity contribution in [2.75, 3.05) is 13.2 Å². The van der Waals surface area contributed by atoms with Crippen molar-refractivity contribution in [2.24, 2.45) is 0 Å². The van der Waals surface area contributed by atoms with Gasteiger partial charge in [0.2, 0.25) is 0 Å². The maximum atomic E-state index is 6.08. The molecular formula is C16H20N2OS. The minimum absolute atomic E-state index is 0.129. The predicted octanol–water partition coefficient (Wildman–Crippen LogP) is 2.98. The topological polar surface area (TPSA) is 34.2 Å². The minimum atomic E-state index is 0.129. The molecule has 1 N–H and O–H groups in total. The fourth-order valence-corrected chi connectivity index (χ4v) is 3.52. The Balaban J connectivity index is 1.84. The van der Waals surface area contributed by atoms with E-state index in [1.54, 1.807) is 11.3 Å². The van der Waals surface area contributed by atoms with Gasteiger partial charge in [-0.3, -0.25) is 0 Å². The molecule has 1 aliphatic rings. The third-order valence-electron chi connectivity index (χ3n) is 3.74. The zero-order valence-electron chi connectivity index (χ0n) is 11.7. The van der Waals surface area contributed by atoms with Crippen LogP contribution in [0.1, 0.15) is 29.2 Å². The van der Waals surface area contributed by atoms with Crippen LogP contribution in [0.15, 0.2) is 35.8 Å². The van der Waals surface area contributed by atoms with Gasteiger partial charge in [0, 0.05) is 24.0 Å². The van der Waals surface area contributed by atoms with Crippen molar-refractivity contribution < 1.29 is 4.74 Å². The van der Waals surface area contributed by atoms with E-state index >= 15 is 0 Å². The molecule has 0 bridgehead atoms. The molecule has 106 valence electrons. The molecule has 3 nitrogen and oxygen atoms in total. The second kappa shape index (κ2) is 6.48. The van der Waals surface area contributed by atoms with Crippen molar-refractivity contribution >= 4 is 11.3 Å². The van der Waals surface area contributed by atoms with Gasteiger partial charge in [0.1, 0.15) is 0 Å². The second-order valence-corrected chi connectivity index (χ2v) is 6.01. The van der Waals surface area contributed by atoms with E-state index in [1.807, 2.05) is 11.6 Å². The summed E-state index contributed by atoms with van der Waals surface area (Å²) in [5.41, 5.74) is 2.76. The summed E-state index contributed by atoms with van der Waals surface area (Å²) >= 11 is 1.72. The molecule has 3 rings (SSSR count). The minimum Gasteiger partial charge on any atom is -0.372 e. The van der Waals surface area contributed by atoms with Gasteiger partial charge in [0.05, 0.1) is 17.7 Å². The average Bonchev–Trinajstić information content (AvgIpc) is 2.99. The van der Waals surface area contributed by atoms with Gasteiger partial charge < -0.3 is 10.1 Å². The molecule has 2 atom stereocenters. The molecule has 20 heavy (non-hydrogen) atoms. The van der Waals surface area contributed by atoms with Gasteiger partial charge in [-0.05, 0) is 24.1 Å². The number of ether oxygens (including phenoxy) is 1. The molecule has 0 saturated heterocycles. The molecule has 0 fully saturated rings. The molecule has 4 heteroatoms. The first-order valence-corrected chi connectivity index (χ1v) is 8.07. The highest BCUT2D eigenvalue weighted by molar-refractivity contribution is 7.09. The van der Waals surface area contributed by atoms with Crippen LogP contribution in [-0.4, -0.2) is 24.2 Å². The van der Waals surface area contributed by atoms with E-state index in [9.17, 15) is 0 Å². The van der Waals surface area contributed by atoms with E-state index < -0.39 is 0 Å². The highest BCUT2D eigenvalue weighted by Crippen LogP contribution is 2.31. The summed E-state index contributed by atoms with van der Waals surface area (Å²) in [5.74, 6) is 0. The summed E-state index contributed by atoms with van der Waals surface area (Å²) < 4.78 is 6.08. The van der Waals surface area contributed by atoms with Gasteiger partial charge in [0.15, 0.2) is 0 Å². The van der Waals surface area contributed by atoms with Crippen LogP contribution in [0.25, 0.3) is 0 Å². The van der Waals surface area contributed by atoms with Gasteiger partial charge in [-0.2, -0.15) is 0 Å². The highest BCUT2D eigenvalue weighted by Gasteiger charge is 2.28. The first-order chi connectivity index (χ1) is 9.88. The zero-order valence-corrected chi connectivity index (χ0v) is 12.5. The molecule has 2 heterocycles. The highest BCUT2D eigenvalue weighted by atomic mass is 32.1. The summed E-state index contributed by atoms with van der Waals surface area (Å²) in [5, 5.41) is 6.78. The van der Waals surface area contributed by atoms with Crippen LogP contribution in [0, 0.1) is 0 Å². The summed E-state index contributed by atoms with van der Waals surface area (Å²) in [7, 11) is 0. The van der Waals surface area contributed by atoms with E-state index in [2.05, 4.69) is 41.5 Å². The number of benzene rings is 1. The van der Waals surface area contributed by atoms with Crippen molar-refractivity contribution in [1.29, 1.82) is 0 Å². The van der Waals surface area contributed by atoms with Crippen molar-refractivity contribution in [2.45, 2.75) is 31.9 Å². The molecule has 0 amide bonds. The Morgan fingerprint density at radius 3 is 3.15 bits per heavy atom. The first kappa shape index (κ1) is 13.7. The Morgan fingerprint density at radius 1 is 1.45 bits per heavy atom. The second-order valence-electron chi connectivity index (χ2n) is 5.03. The van der Waals surface area contributed by atoms with Gasteiger partial charge in [0.25, 0.3) is 0 Å². The predicted molar refractivity (Wildman–Crippen MR) is 82.1 cm³/mol. The van der Waals surface area contributed by atoms with Crippen molar-refractivity contribution in [3.8, 4) is 0 Å². The number of hydrogen-bond donors (Lipinski definition) is 1. The third kappa shape index (κ3) is 2.92. The largest absolute Gasteiger partial charge is 0.372 e. The van der Waals surface area contributed by atoms with Crippen molar-refractivity contribution in [3.05, 3.63) is 52.0 Å². The lowest BCUT2D eigenvalue weighted by atomic mass is 9.92. The smallest absolute Gasteiger partial charge is 0.0984 e. The van der Waals surface area contributed by atoms with E-state index in [1.165, 1.54) is 16.1 Å². The maximum Gasteiger partial charge on any atom is 0.0984 e. The molecule has 0 aliphatic carbocycles. The fourth-order valence-electron chi connectivity index (χ4n) is 2.85. The third-order valence-corrected chi connectivity index (χ3v) is 4.54. The van der Waals surface area contributed by atoms with E-state index in [4.69, 9.17) is 4.74 Å². The van der Waals surface area contributed by atoms with Crippen LogP contribution in [0.5, 0.6) is 0 Å². The van der Waals surface area contributed by atoms with Crippen LogP contribution >= 0.6 is 11.3 Å². The lowest BCUT2D eigenvalue weighted by Crippen LogP contribution is -2.40. The quantitative estimate of drug-likeness (QED) is 0.918. The van der Waals surface area contributed by atoms with Gasteiger partial charge >= 0.3 is 0 Å². The molecule has 0 saturated carbocycles. The number of fused-ring (bicyclic) bond motifs is 1. The maximum absolute atomic E-state index is 6.08. The summed E-state index contributed by atoms with van der Waals surface area (Å²) in [6, 6.07) is 8.92. The summed E-state index contributed by atoms with van der Waals surface area (Å²) in [4.78, 5) is 4.41. The normalized spacial score (nSPS) is 19.6. The zero-order chi connectivity index (χ0) is 13.8. The number of thiazole rings is 1. The molecule has 0 spiro atoms. The fraction of sp³-hybridized carbons (Fsp3) is 0.438. The first-order valence-electron chi connectivity index (χ1n) is 7.19. The average molecular weight is 288 g/mol. The molecule has 1 aromatic heterocycles. The molecular weight excluding hydrogens is 268 g/mol. The van der Waals surface area contributed by atoms with Crippen LogP contribution < -0.4 is 5.32 Å². The van der Waals surface area contributed by atoms with E-state index in [0.29, 0.717) is 0 Å². The Labute approximate surface area is 124 Å². The van der Waals surface area contributed by atoms with Crippen LogP contribution in [0.2, 0.25) is 0 Å². The standard InChI is InChI=1S/C16H20N2OS/c1-2-17-14(11-15-18-8-10-20-15)16-13-6-4-3-5-12(13)7-9-19-16/h3-6,8,10,14,16-17H,2,7,9,11H2,1H3. The lowest BCUT2D eigenvalue weighted by Gasteiger charge is -2.32. The van der Waals surface area contributed by atoms with Gasteiger partial charge in [-0.15, -0.1) is 11.3 Å². The number of aromatic nitrogens is 1. The monoisotopic (exact) mass is 288 g/mol. The number of likely N-dealkylation sites (N-methyl/N-ethyl adjacent to an activating group) is 1. The van der Waals surface area contributed by atoms with Gasteiger partial charge in [-0.1, -0.05) is 31.2 Å². The van der Waals surface area contributed by atoms with Crippen molar-refractivity contribution in [3.63, 3.8) is 0 Å². The number of rotatable bonds is 5. The summed E-state index contributed by atoms with van der Waals surface area (Å²) in [6.45, 7) is 3.89. The van der Waals surface area contributed by atoms with E-state index in [0.717, 1.165) is 26.0 Å². The lowest BCUT2D eigenvalue weighted by molar-refractivity contribution is 0.0158. The van der Waals surface area contributed by atoms with Crippen LogP contribution in [0.4, 0.5) is 0 Å². The SMILES string of the molecule is CCNC(Cc1nccs1)C1OCCc2ccccc21. The van der Waals surface area contributed by atoms with E-state index in [-0.39, 0.29) is 12.1 Å². The van der Waals surface area contributed by atoms with Crippen LogP contribution in [0.3, 0.4) is 0 Å². The number of nitrogens with zero attached hydrogens (tertiary/aromatic N) is 1. The Bertz CT molecular complexity index is 541. The molecule has 0 radical (unpaired) electrons. The molecule has 1 aliphatic heterocycles. The van der Waals surface area contributed by atoms with Crippen molar-refractivity contribution in [1.82, 2.24) is 10.3 Å². The Morgan fingerprint density at radius 2 is 2.35 bits per heavy atom. The number of nitrogens with one attached hydrogen (secondary N) is 1.